The van der Waals surface area contributed by atoms with Crippen LogP contribution < -0.4 is 10.7 Å². The summed E-state index contributed by atoms with van der Waals surface area (Å²) < 4.78 is 13.0. The molecule has 37 heavy (non-hydrogen) atoms. The van der Waals surface area contributed by atoms with Gasteiger partial charge in [-0.3, -0.25) is 9.98 Å². The van der Waals surface area contributed by atoms with Gasteiger partial charge in [0.05, 0.1) is 64.1 Å². The van der Waals surface area contributed by atoms with Crippen molar-refractivity contribution in [3.05, 3.63) is 95.1 Å². The quantitative estimate of drug-likeness (QED) is 0.266. The van der Waals surface area contributed by atoms with Crippen LogP contribution in [0.25, 0.3) is 28.1 Å². The zero-order chi connectivity index (χ0) is 25.8. The fraction of sp³-hybridized carbons (Fsp3) is 0.207. The number of aryl methyl sites for hydroxylation is 1. The van der Waals surface area contributed by atoms with Crippen molar-refractivity contribution < 1.29 is 9.47 Å². The molecule has 0 saturated carbocycles. The number of hydrogen-bond donors (Lipinski definition) is 1. The number of para-hydroxylation sites is 2. The molecule has 2 heterocycles. The lowest BCUT2D eigenvalue weighted by Crippen LogP contribution is -2.24. The van der Waals surface area contributed by atoms with Gasteiger partial charge in [-0.25, -0.2) is 4.98 Å². The van der Waals surface area contributed by atoms with Gasteiger partial charge in [-0.2, -0.15) is 0 Å². The first-order valence-electron chi connectivity index (χ1n) is 12.0. The first-order valence-corrected chi connectivity index (χ1v) is 12.4. The number of benzene rings is 3. The minimum absolute atomic E-state index is 0.184. The highest BCUT2D eigenvalue weighted by atomic mass is 35.5. The molecule has 0 bridgehead atoms. The largest absolute Gasteiger partial charge is 0.382 e. The predicted molar refractivity (Wildman–Crippen MR) is 148 cm³/mol. The number of hydrogen-bond acceptors (Lipinski definition) is 6. The fourth-order valence-electron chi connectivity index (χ4n) is 4.41. The van der Waals surface area contributed by atoms with Crippen molar-refractivity contribution in [1.82, 2.24) is 14.5 Å². The number of halogens is 1. The highest BCUT2D eigenvalue weighted by Crippen LogP contribution is 2.31. The summed E-state index contributed by atoms with van der Waals surface area (Å²) in [4.78, 5) is 14.5. The molecule has 0 atom stereocenters. The van der Waals surface area contributed by atoms with Crippen molar-refractivity contribution in [2.75, 3.05) is 32.8 Å². The van der Waals surface area contributed by atoms with Gasteiger partial charge in [0.25, 0.3) is 0 Å². The maximum absolute atomic E-state index is 6.41. The third-order valence-corrected chi connectivity index (χ3v) is 6.31. The smallest absolute Gasteiger partial charge is 0.0973 e. The zero-order valence-electron chi connectivity index (χ0n) is 21.0. The summed E-state index contributed by atoms with van der Waals surface area (Å²) >= 11 is 6.41. The molecule has 3 aromatic rings. The van der Waals surface area contributed by atoms with E-state index in [9.17, 15) is 0 Å². The molecule has 7 nitrogen and oxygen atoms in total. The number of nitrogens with one attached hydrogen (secondary N) is 1. The Morgan fingerprint density at radius 3 is 2.51 bits per heavy atom. The fourth-order valence-corrected chi connectivity index (χ4v) is 4.59. The minimum atomic E-state index is -0.184. The van der Waals surface area contributed by atoms with Crippen molar-refractivity contribution in [2.45, 2.75) is 13.0 Å². The molecule has 0 saturated heterocycles. The molecule has 0 radical (unpaired) electrons. The second-order valence-corrected chi connectivity index (χ2v) is 9.17. The van der Waals surface area contributed by atoms with Gasteiger partial charge in [-0.05, 0) is 61.5 Å². The molecule has 188 valence electrons. The molecule has 1 aromatic heterocycles. The number of anilines is 2. The molecule has 0 unspecified atom stereocenters. The molecule has 1 N–H and O–H groups in total. The number of rotatable bonds is 8. The van der Waals surface area contributed by atoms with Crippen LogP contribution in [0.5, 0.6) is 0 Å². The summed E-state index contributed by atoms with van der Waals surface area (Å²) in [6.07, 6.45) is 1.78. The van der Waals surface area contributed by atoms with Crippen molar-refractivity contribution in [1.29, 1.82) is 0 Å². The monoisotopic (exact) mass is 513 g/mol. The minimum Gasteiger partial charge on any atom is -0.382 e. The van der Waals surface area contributed by atoms with Crippen molar-refractivity contribution in [2.24, 2.45) is 4.99 Å². The first kappa shape index (κ1) is 24.9. The van der Waals surface area contributed by atoms with Gasteiger partial charge in [0.2, 0.25) is 0 Å². The molecular formula is C29H28ClN5O2. The van der Waals surface area contributed by atoms with E-state index < -0.39 is 0 Å². The Kier molecular flexibility index (Phi) is 7.46. The average Bonchev–Trinajstić information content (AvgIpc) is 2.89. The Morgan fingerprint density at radius 1 is 0.946 bits per heavy atom. The summed E-state index contributed by atoms with van der Waals surface area (Å²) in [5, 5.41) is 4.96. The van der Waals surface area contributed by atoms with E-state index in [2.05, 4.69) is 27.0 Å². The van der Waals surface area contributed by atoms with Crippen LogP contribution in [-0.4, -0.2) is 48.0 Å². The van der Waals surface area contributed by atoms with E-state index >= 15 is 0 Å². The van der Waals surface area contributed by atoms with Gasteiger partial charge in [0.1, 0.15) is 0 Å². The SMILES string of the molecule is COCC(COC)/N=c1\cc2n(-c3cccc(Cl)c3)c3ccccc3nc-2cc1Nc1cccnc1C. The zero-order valence-corrected chi connectivity index (χ0v) is 21.7. The molecule has 2 aliphatic rings. The predicted octanol–water partition coefficient (Wildman–Crippen LogP) is 5.79. The first-order chi connectivity index (χ1) is 18.1. The van der Waals surface area contributed by atoms with E-state index in [1.807, 2.05) is 67.6 Å². The van der Waals surface area contributed by atoms with Gasteiger partial charge in [0.15, 0.2) is 0 Å². The molecule has 0 spiro atoms. The number of fused-ring (bicyclic) bond motifs is 2. The normalized spacial score (nSPS) is 12.1. The second-order valence-electron chi connectivity index (χ2n) is 8.73. The van der Waals surface area contributed by atoms with Crippen LogP contribution in [0.2, 0.25) is 5.02 Å². The molecule has 1 aliphatic carbocycles. The van der Waals surface area contributed by atoms with E-state index in [0.29, 0.717) is 18.2 Å². The third kappa shape index (κ3) is 5.34. The van der Waals surface area contributed by atoms with Crippen LogP contribution >= 0.6 is 11.6 Å². The Balaban J connectivity index is 1.82. The Labute approximate surface area is 220 Å². The maximum Gasteiger partial charge on any atom is 0.0973 e. The highest BCUT2D eigenvalue weighted by molar-refractivity contribution is 6.30. The van der Waals surface area contributed by atoms with Crippen LogP contribution in [0, 0.1) is 6.92 Å². The van der Waals surface area contributed by atoms with Crippen molar-refractivity contribution in [3.63, 3.8) is 0 Å². The van der Waals surface area contributed by atoms with Gasteiger partial charge in [-0.15, -0.1) is 0 Å². The van der Waals surface area contributed by atoms with Gasteiger partial charge in [0, 0.05) is 31.1 Å². The number of pyridine rings is 1. The standard InChI is InChI=1S/C29H28ClN5O2/c1-19-23(11-7-13-31-19)33-25-15-27-29(16-26(25)32-21(17-36-2)18-37-3)35(22-9-6-8-20(30)14-22)28-12-5-4-10-24(28)34-27/h4-16,21,33H,17-18H2,1-3H3/b32-26+. The Hall–Kier alpha value is -3.78. The summed E-state index contributed by atoms with van der Waals surface area (Å²) in [5.41, 5.74) is 7.12. The van der Waals surface area contributed by atoms with Crippen molar-refractivity contribution >= 4 is 34.0 Å². The van der Waals surface area contributed by atoms with Crippen LogP contribution in [0.15, 0.2) is 84.0 Å². The van der Waals surface area contributed by atoms with E-state index in [-0.39, 0.29) is 6.04 Å². The molecule has 2 aromatic carbocycles. The third-order valence-electron chi connectivity index (χ3n) is 6.08. The Morgan fingerprint density at radius 2 is 1.76 bits per heavy atom. The van der Waals surface area contributed by atoms with Gasteiger partial charge < -0.3 is 19.4 Å². The number of ether oxygens (including phenoxy) is 2. The van der Waals surface area contributed by atoms with Gasteiger partial charge in [-0.1, -0.05) is 29.8 Å². The van der Waals surface area contributed by atoms with Crippen molar-refractivity contribution in [3.8, 4) is 17.1 Å². The average molecular weight is 514 g/mol. The summed E-state index contributed by atoms with van der Waals surface area (Å²) in [5.74, 6) is 0. The summed E-state index contributed by atoms with van der Waals surface area (Å²) in [7, 11) is 3.33. The topological polar surface area (TPSA) is 73.6 Å². The molecule has 5 rings (SSSR count). The molecular weight excluding hydrogens is 486 g/mol. The van der Waals surface area contributed by atoms with Crippen LogP contribution in [0.1, 0.15) is 5.69 Å². The van der Waals surface area contributed by atoms with Gasteiger partial charge >= 0.3 is 0 Å². The van der Waals surface area contributed by atoms with Crippen LogP contribution in [0.3, 0.4) is 0 Å². The molecule has 0 amide bonds. The highest BCUT2D eigenvalue weighted by Gasteiger charge is 2.18. The molecule has 8 heteroatoms. The van der Waals surface area contributed by atoms with Crippen LogP contribution in [-0.2, 0) is 9.47 Å². The number of aromatic nitrogens is 3. The number of nitrogens with zero attached hydrogens (tertiary/aromatic N) is 4. The lowest BCUT2D eigenvalue weighted by Gasteiger charge is -2.21. The number of methoxy groups -OCH3 is 2. The summed E-state index contributed by atoms with van der Waals surface area (Å²) in [6, 6.07) is 23.7. The van der Waals surface area contributed by atoms with E-state index in [1.165, 1.54) is 0 Å². The summed E-state index contributed by atoms with van der Waals surface area (Å²) in [6.45, 7) is 2.83. The molecule has 1 aliphatic heterocycles. The van der Waals surface area contributed by atoms with E-state index in [1.54, 1.807) is 20.4 Å². The second kappa shape index (κ2) is 11.1. The lowest BCUT2D eigenvalue weighted by atomic mass is 10.1. The van der Waals surface area contributed by atoms with Crippen LogP contribution in [0.4, 0.5) is 11.4 Å². The van der Waals surface area contributed by atoms with E-state index in [0.717, 1.165) is 50.5 Å². The maximum atomic E-state index is 6.41. The Bertz CT molecular complexity index is 1580. The van der Waals surface area contributed by atoms with E-state index in [4.69, 9.17) is 31.1 Å². The molecule has 0 fully saturated rings. The lowest BCUT2D eigenvalue weighted by molar-refractivity contribution is 0.118.